The number of aromatic amines is 1. The summed E-state index contributed by atoms with van der Waals surface area (Å²) in [6, 6.07) is 5.63. The molecule has 3 aromatic rings. The zero-order valence-corrected chi connectivity index (χ0v) is 61.9. The number of fused-ring (bicyclic) bond motifs is 1. The van der Waals surface area contributed by atoms with Gasteiger partial charge >= 0.3 is 35.8 Å². The summed E-state index contributed by atoms with van der Waals surface area (Å²) in [5.74, 6) is -2.78. The third kappa shape index (κ3) is 36.5. The van der Waals surface area contributed by atoms with Crippen LogP contribution in [0.1, 0.15) is 253 Å². The number of hydrogen-bond donors (Lipinski definition) is 5. The lowest BCUT2D eigenvalue weighted by Gasteiger charge is -2.29. The second kappa shape index (κ2) is 45.4. The number of carbonyl (C=O) groups excluding carboxylic acids is 9. The molecule has 0 saturated heterocycles. The van der Waals surface area contributed by atoms with Crippen LogP contribution in [0.5, 0.6) is 0 Å². The predicted octanol–water partition coefficient (Wildman–Crippen LogP) is 12.2. The minimum Gasteiger partial charge on any atom is -0.467 e. The summed E-state index contributed by atoms with van der Waals surface area (Å²) in [5, 5.41) is 8.70. The number of aromatic nitrogens is 4. The highest BCUT2D eigenvalue weighted by atomic mass is 32.2. The van der Waals surface area contributed by atoms with Crippen LogP contribution in [-0.4, -0.2) is 170 Å². The fourth-order valence-electron chi connectivity index (χ4n) is 10.4. The molecule has 0 spiro atoms. The van der Waals surface area contributed by atoms with Crippen LogP contribution in [0.15, 0.2) is 29.1 Å². The first-order chi connectivity index (χ1) is 46.4. The van der Waals surface area contributed by atoms with Crippen LogP contribution in [0.4, 0.5) is 21.4 Å². The summed E-state index contributed by atoms with van der Waals surface area (Å²) >= 11 is 1.34. The van der Waals surface area contributed by atoms with Gasteiger partial charge < -0.3 is 60.2 Å². The van der Waals surface area contributed by atoms with E-state index in [0.29, 0.717) is 86.6 Å². The van der Waals surface area contributed by atoms with E-state index in [2.05, 4.69) is 44.7 Å². The van der Waals surface area contributed by atoms with Crippen molar-refractivity contribution in [1.82, 2.24) is 40.0 Å². The molecule has 0 saturated carbocycles. The molecule has 2 atom stereocenters. The van der Waals surface area contributed by atoms with Crippen molar-refractivity contribution in [3.8, 4) is 0 Å². The van der Waals surface area contributed by atoms with E-state index in [-0.39, 0.29) is 106 Å². The first-order valence-corrected chi connectivity index (χ1v) is 36.8. The van der Waals surface area contributed by atoms with E-state index in [9.17, 15) is 47.9 Å². The predicted molar refractivity (Wildman–Crippen MR) is 383 cm³/mol. The number of H-pyrrole nitrogens is 1. The number of thioether (sulfide) groups is 1. The summed E-state index contributed by atoms with van der Waals surface area (Å²) in [6.07, 6.45) is 16.1. The highest BCUT2D eigenvalue weighted by Crippen LogP contribution is 2.22. The van der Waals surface area contributed by atoms with E-state index in [0.717, 1.165) is 37.7 Å². The molecule has 98 heavy (non-hydrogen) atoms. The molecule has 2 aromatic heterocycles. The number of nitrogens with one attached hydrogen (secondary N) is 4. The maximum absolute atomic E-state index is 13.8. The quantitative estimate of drug-likeness (QED) is 0.0152. The van der Waals surface area contributed by atoms with E-state index in [1.807, 2.05) is 0 Å². The molecular formula is C72H118N10O15S. The van der Waals surface area contributed by atoms with Gasteiger partial charge in [-0.05, 0) is 119 Å². The third-order valence-corrected chi connectivity index (χ3v) is 16.7. The number of ether oxygens (including phenoxy) is 5. The van der Waals surface area contributed by atoms with Crippen LogP contribution in [0, 0.1) is 5.92 Å². The van der Waals surface area contributed by atoms with Crippen molar-refractivity contribution in [3.05, 3.63) is 45.9 Å². The van der Waals surface area contributed by atoms with E-state index < -0.39 is 64.5 Å². The lowest BCUT2D eigenvalue weighted by atomic mass is 10.0. The molecule has 25 nitrogen and oxygen atoms in total. The fraction of sp³-hybridized carbons (Fsp3) is 0.722. The Labute approximate surface area is 585 Å². The van der Waals surface area contributed by atoms with Gasteiger partial charge in [-0.25, -0.2) is 19.2 Å². The van der Waals surface area contributed by atoms with Crippen LogP contribution in [0.2, 0.25) is 0 Å². The molecule has 0 bridgehead atoms. The van der Waals surface area contributed by atoms with Crippen molar-refractivity contribution in [2.75, 3.05) is 75.5 Å². The number of carbonyl (C=O) groups is 9. The Bertz CT molecular complexity index is 3010. The van der Waals surface area contributed by atoms with Crippen molar-refractivity contribution in [1.29, 1.82) is 0 Å². The fourth-order valence-corrected chi connectivity index (χ4v) is 11.4. The summed E-state index contributed by atoms with van der Waals surface area (Å²) in [4.78, 5) is 146. The second-order valence-corrected chi connectivity index (χ2v) is 29.2. The number of benzene rings is 1. The third-order valence-electron chi connectivity index (χ3n) is 15.6. The number of methoxy groups -OCH3 is 1. The minimum atomic E-state index is -1.17. The van der Waals surface area contributed by atoms with E-state index in [1.165, 1.54) is 74.8 Å². The number of imidazole rings is 1. The normalized spacial score (nSPS) is 12.3. The minimum absolute atomic E-state index is 0.0342. The van der Waals surface area contributed by atoms with Gasteiger partial charge in [0, 0.05) is 88.4 Å². The van der Waals surface area contributed by atoms with Gasteiger partial charge in [-0.2, -0.15) is 21.7 Å². The van der Waals surface area contributed by atoms with Gasteiger partial charge in [0.2, 0.25) is 17.8 Å². The molecule has 1 aromatic carbocycles. The van der Waals surface area contributed by atoms with E-state index in [1.54, 1.807) is 96.4 Å². The lowest BCUT2D eigenvalue weighted by Crippen LogP contribution is -2.45. The van der Waals surface area contributed by atoms with Gasteiger partial charge in [0.25, 0.3) is 0 Å². The first-order valence-electron chi connectivity index (χ1n) is 35.6. The molecule has 0 unspecified atom stereocenters. The number of nitrogens with zero attached hydrogens (tertiary/aromatic N) is 5. The molecule has 4 amide bonds. The molecular weight excluding hydrogens is 1280 g/mol. The van der Waals surface area contributed by atoms with Crippen LogP contribution in [-0.2, 0) is 59.0 Å². The number of unbranched alkanes of at least 4 members (excludes halogenated alkanes) is 13. The standard InChI is InChI=1S/C72H118N10O15S/c1-13-15-17-18-19-20-21-22-23-24-25-32-59(86)94-47-48-98-51-54(49-60(87)95-70(3,4)5)64(88)76-56(65(89)93-12)38-37-55(83)31-26-27-43-80(68(91)96-71(6,7)8)44-28-29-45-81(69(92)97-72(9,10)11)46-30-42-74-58(85)40-39-57(84)53-35-33-52(34-36-53)50-82-63-61(77-67(82)90)62(73)78-66(79-63)75-41-16-14-2/h33-36,54,56H,13-32,37-51H2,1-12H3,(H,74,85)(H,76,88)(H,77,90)(H3,73,75,78,79)/t54-,56-/m0/s1. The lowest BCUT2D eigenvalue weighted by molar-refractivity contribution is -0.157. The number of ketones is 2. The number of nitrogens with two attached hydrogens (primary N) is 1. The average molecular weight is 1400 g/mol. The van der Waals surface area contributed by atoms with Gasteiger partial charge in [-0.1, -0.05) is 109 Å². The van der Waals surface area contributed by atoms with Gasteiger partial charge in [-0.3, -0.25) is 33.3 Å². The van der Waals surface area contributed by atoms with Gasteiger partial charge in [0.1, 0.15) is 40.8 Å². The number of anilines is 2. The molecule has 0 fully saturated rings. The summed E-state index contributed by atoms with van der Waals surface area (Å²) in [6.45, 7) is 22.4. The molecule has 6 N–H and O–H groups in total. The highest BCUT2D eigenvalue weighted by molar-refractivity contribution is 7.99. The number of Topliss-reactive ketones (excluding diaryl/α,β-unsaturated/α-hetero) is 2. The molecule has 0 radical (unpaired) electrons. The Hall–Kier alpha value is -7.25. The van der Waals surface area contributed by atoms with Gasteiger partial charge in [0.05, 0.1) is 26.0 Å². The monoisotopic (exact) mass is 1390 g/mol. The molecule has 3 rings (SSSR count). The molecule has 0 aliphatic rings. The van der Waals surface area contributed by atoms with E-state index in [4.69, 9.17) is 29.4 Å². The number of amides is 4. The highest BCUT2D eigenvalue weighted by Gasteiger charge is 2.31. The Morgan fingerprint density at radius 1 is 0.633 bits per heavy atom. The van der Waals surface area contributed by atoms with Gasteiger partial charge in [0.15, 0.2) is 17.2 Å². The van der Waals surface area contributed by atoms with Gasteiger partial charge in [-0.15, -0.1) is 0 Å². The molecule has 2 heterocycles. The van der Waals surface area contributed by atoms with Crippen LogP contribution in [0.25, 0.3) is 11.2 Å². The molecule has 0 aliphatic carbocycles. The van der Waals surface area contributed by atoms with E-state index >= 15 is 0 Å². The summed E-state index contributed by atoms with van der Waals surface area (Å²) < 4.78 is 28.9. The van der Waals surface area contributed by atoms with Crippen molar-refractivity contribution < 1.29 is 66.8 Å². The first kappa shape index (κ1) is 85.0. The maximum atomic E-state index is 13.8. The Kier molecular flexibility index (Phi) is 39.4. The number of esters is 3. The Morgan fingerprint density at radius 3 is 1.76 bits per heavy atom. The molecule has 26 heteroatoms. The molecule has 0 aliphatic heterocycles. The molecule has 552 valence electrons. The Morgan fingerprint density at radius 2 is 1.18 bits per heavy atom. The largest absolute Gasteiger partial charge is 0.467 e. The van der Waals surface area contributed by atoms with Crippen LogP contribution in [0.3, 0.4) is 0 Å². The SMILES string of the molecule is CCCCCCCCCCCCCC(=O)OCCSC[C@H](CC(=O)OC(C)(C)C)C(=O)N[C@@H](CCC(=O)CCCCN(CCCCN(CCCNC(=O)CCC(=O)c1ccc(Cn2c(=O)[nH]c3c(N)nc(NCCCC)nc32)cc1)C(=O)OC(C)(C)C)C(=O)OC(C)(C)C)C(=O)OC. The number of hydrogen-bond acceptors (Lipinski definition) is 20. The van der Waals surface area contributed by atoms with Crippen molar-refractivity contribution in [3.63, 3.8) is 0 Å². The average Bonchev–Trinajstić information content (AvgIpc) is 1.63. The van der Waals surface area contributed by atoms with Crippen molar-refractivity contribution in [2.45, 2.75) is 266 Å². The summed E-state index contributed by atoms with van der Waals surface area (Å²) in [7, 11) is 1.18. The second-order valence-electron chi connectivity index (χ2n) is 28.1. The van der Waals surface area contributed by atoms with Crippen LogP contribution < -0.4 is 27.4 Å². The Balaban J connectivity index is 1.48. The van der Waals surface area contributed by atoms with Crippen molar-refractivity contribution >= 4 is 88.2 Å². The maximum Gasteiger partial charge on any atom is 0.410 e. The van der Waals surface area contributed by atoms with Crippen molar-refractivity contribution in [2.24, 2.45) is 5.92 Å². The summed E-state index contributed by atoms with van der Waals surface area (Å²) in [5.41, 5.74) is 5.23. The number of rotatable bonds is 49. The zero-order chi connectivity index (χ0) is 72.7. The zero-order valence-electron chi connectivity index (χ0n) is 61.1. The smallest absolute Gasteiger partial charge is 0.410 e. The topological polar surface area (TPSA) is 332 Å². The van der Waals surface area contributed by atoms with Crippen LogP contribution >= 0.6 is 11.8 Å². The number of nitrogen functional groups attached to an aromatic ring is 1.